The molecule has 2 aromatic carbocycles. The highest BCUT2D eigenvalue weighted by Crippen LogP contribution is 2.40. The number of aliphatic hydroxyl groups is 1. The fourth-order valence-electron chi connectivity index (χ4n) is 3.11. The number of alkyl halides is 1. The highest BCUT2D eigenvalue weighted by atomic mass is 35.5. The molecule has 184 valence electrons. The second kappa shape index (κ2) is 12.0. The van der Waals surface area contributed by atoms with Crippen molar-refractivity contribution in [2.24, 2.45) is 5.92 Å². The SMILES string of the molecule is CCS(=O)(=O)C[C@H](O)COc1c(Cl)cc(C(C)(C)c2ccc(OC[C@@H](C)CCl)cc2)cc1Cl. The summed E-state index contributed by atoms with van der Waals surface area (Å²) in [6.07, 6.45) is -1.17. The van der Waals surface area contributed by atoms with E-state index in [1.807, 2.05) is 31.2 Å². The molecule has 0 aromatic heterocycles. The van der Waals surface area contributed by atoms with Gasteiger partial charge < -0.3 is 14.6 Å². The molecule has 9 heteroatoms. The Bertz CT molecular complexity index is 1000. The highest BCUT2D eigenvalue weighted by molar-refractivity contribution is 7.91. The van der Waals surface area contributed by atoms with Crippen molar-refractivity contribution in [1.29, 1.82) is 0 Å². The summed E-state index contributed by atoms with van der Waals surface area (Å²) in [6.45, 7) is 7.99. The minimum Gasteiger partial charge on any atom is -0.493 e. The van der Waals surface area contributed by atoms with Crippen LogP contribution in [0.1, 0.15) is 38.8 Å². The number of benzene rings is 2. The van der Waals surface area contributed by atoms with E-state index in [-0.39, 0.29) is 39.8 Å². The van der Waals surface area contributed by atoms with E-state index in [2.05, 4.69) is 13.8 Å². The third kappa shape index (κ3) is 7.93. The summed E-state index contributed by atoms with van der Waals surface area (Å²) in [7, 11) is -3.32. The Kier molecular flexibility index (Phi) is 10.2. The summed E-state index contributed by atoms with van der Waals surface area (Å²) >= 11 is 18.7. The van der Waals surface area contributed by atoms with Crippen LogP contribution in [0.25, 0.3) is 0 Å². The molecule has 0 radical (unpaired) electrons. The Morgan fingerprint density at radius 2 is 1.58 bits per heavy atom. The smallest absolute Gasteiger partial charge is 0.156 e. The summed E-state index contributed by atoms with van der Waals surface area (Å²) in [5, 5.41) is 10.6. The van der Waals surface area contributed by atoms with Gasteiger partial charge in [-0.1, -0.05) is 63.0 Å². The molecule has 2 atom stereocenters. The van der Waals surface area contributed by atoms with Gasteiger partial charge in [0, 0.05) is 23.0 Å². The quantitative estimate of drug-likeness (QED) is 0.349. The molecule has 2 aromatic rings. The predicted molar refractivity (Wildman–Crippen MR) is 136 cm³/mol. The van der Waals surface area contributed by atoms with E-state index in [4.69, 9.17) is 44.3 Å². The van der Waals surface area contributed by atoms with Crippen LogP contribution in [0, 0.1) is 5.92 Å². The fraction of sp³-hybridized carbons (Fsp3) is 0.500. The number of ether oxygens (including phenoxy) is 2. The molecule has 1 N–H and O–H groups in total. The first-order chi connectivity index (χ1) is 15.4. The van der Waals surface area contributed by atoms with Crippen LogP contribution in [-0.4, -0.2) is 50.2 Å². The maximum Gasteiger partial charge on any atom is 0.156 e. The van der Waals surface area contributed by atoms with Crippen molar-refractivity contribution in [2.75, 3.05) is 30.6 Å². The number of aliphatic hydroxyl groups excluding tert-OH is 1. The van der Waals surface area contributed by atoms with Crippen molar-refractivity contribution >= 4 is 44.6 Å². The maximum absolute atomic E-state index is 11.7. The first-order valence-electron chi connectivity index (χ1n) is 10.7. The van der Waals surface area contributed by atoms with Crippen molar-refractivity contribution in [1.82, 2.24) is 0 Å². The van der Waals surface area contributed by atoms with Crippen LogP contribution in [0.3, 0.4) is 0 Å². The van der Waals surface area contributed by atoms with Crippen LogP contribution in [0.5, 0.6) is 11.5 Å². The molecule has 0 aliphatic carbocycles. The highest BCUT2D eigenvalue weighted by Gasteiger charge is 2.26. The molecular formula is C24H31Cl3O5S. The lowest BCUT2D eigenvalue weighted by molar-refractivity contribution is 0.125. The van der Waals surface area contributed by atoms with Gasteiger partial charge in [0.05, 0.1) is 22.4 Å². The third-order valence-corrected chi connectivity index (χ3v) is 8.26. The summed E-state index contributed by atoms with van der Waals surface area (Å²) in [6, 6.07) is 11.4. The van der Waals surface area contributed by atoms with Crippen LogP contribution in [0.15, 0.2) is 36.4 Å². The third-order valence-electron chi connectivity index (χ3n) is 5.40. The predicted octanol–water partition coefficient (Wildman–Crippen LogP) is 5.75. The van der Waals surface area contributed by atoms with E-state index in [9.17, 15) is 13.5 Å². The zero-order valence-electron chi connectivity index (χ0n) is 19.3. The molecular weight excluding hydrogens is 507 g/mol. The molecule has 0 saturated carbocycles. The van der Waals surface area contributed by atoms with Gasteiger partial charge in [0.15, 0.2) is 15.6 Å². The second-order valence-electron chi connectivity index (χ2n) is 8.65. The van der Waals surface area contributed by atoms with Gasteiger partial charge in [-0.05, 0) is 35.4 Å². The average Bonchev–Trinajstić information content (AvgIpc) is 2.76. The molecule has 0 bridgehead atoms. The number of hydrogen-bond acceptors (Lipinski definition) is 5. The molecule has 0 aliphatic heterocycles. The van der Waals surface area contributed by atoms with E-state index in [0.717, 1.165) is 16.9 Å². The molecule has 0 saturated heterocycles. The molecule has 5 nitrogen and oxygen atoms in total. The van der Waals surface area contributed by atoms with E-state index in [1.165, 1.54) is 6.92 Å². The number of rotatable bonds is 12. The van der Waals surface area contributed by atoms with Crippen LogP contribution < -0.4 is 9.47 Å². The van der Waals surface area contributed by atoms with E-state index >= 15 is 0 Å². The molecule has 33 heavy (non-hydrogen) atoms. The molecule has 0 unspecified atom stereocenters. The van der Waals surface area contributed by atoms with Gasteiger partial charge in [-0.25, -0.2) is 8.42 Å². The van der Waals surface area contributed by atoms with Crippen LogP contribution in [0.2, 0.25) is 10.0 Å². The average molecular weight is 538 g/mol. The van der Waals surface area contributed by atoms with E-state index in [0.29, 0.717) is 12.5 Å². The van der Waals surface area contributed by atoms with Gasteiger partial charge in [0.1, 0.15) is 18.5 Å². The van der Waals surface area contributed by atoms with Gasteiger partial charge in [-0.2, -0.15) is 0 Å². The largest absolute Gasteiger partial charge is 0.493 e. The number of sulfone groups is 1. The zero-order chi connectivity index (χ0) is 24.8. The minimum absolute atomic E-state index is 0.0466. The molecule has 0 spiro atoms. The molecule has 0 aliphatic rings. The Labute approximate surface area is 211 Å². The fourth-order valence-corrected chi connectivity index (χ4v) is 4.72. The summed E-state index contributed by atoms with van der Waals surface area (Å²) in [5.41, 5.74) is 1.51. The van der Waals surface area contributed by atoms with Crippen molar-refractivity contribution in [3.05, 3.63) is 57.6 Å². The van der Waals surface area contributed by atoms with Gasteiger partial charge in [-0.15, -0.1) is 11.6 Å². The Hall–Kier alpha value is -1.18. The Morgan fingerprint density at radius 1 is 1.00 bits per heavy atom. The van der Waals surface area contributed by atoms with Crippen LogP contribution >= 0.6 is 34.8 Å². The summed E-state index contributed by atoms with van der Waals surface area (Å²) in [5.74, 6) is 1.37. The van der Waals surface area contributed by atoms with Crippen molar-refractivity contribution < 1.29 is 23.0 Å². The molecule has 0 amide bonds. The monoisotopic (exact) mass is 536 g/mol. The van der Waals surface area contributed by atoms with Gasteiger partial charge in [0.25, 0.3) is 0 Å². The topological polar surface area (TPSA) is 72.8 Å². The minimum atomic E-state index is -3.32. The zero-order valence-corrected chi connectivity index (χ0v) is 22.4. The van der Waals surface area contributed by atoms with Gasteiger partial charge in [-0.3, -0.25) is 0 Å². The second-order valence-corrected chi connectivity index (χ2v) is 12.2. The van der Waals surface area contributed by atoms with Crippen LogP contribution in [-0.2, 0) is 15.3 Å². The van der Waals surface area contributed by atoms with Crippen LogP contribution in [0.4, 0.5) is 0 Å². The van der Waals surface area contributed by atoms with Crippen molar-refractivity contribution in [2.45, 2.75) is 39.2 Å². The first kappa shape index (κ1) is 28.1. The van der Waals surface area contributed by atoms with Gasteiger partial charge >= 0.3 is 0 Å². The lowest BCUT2D eigenvalue weighted by Gasteiger charge is -2.27. The van der Waals surface area contributed by atoms with E-state index in [1.54, 1.807) is 12.1 Å². The summed E-state index contributed by atoms with van der Waals surface area (Å²) in [4.78, 5) is 0. The van der Waals surface area contributed by atoms with E-state index < -0.39 is 21.4 Å². The van der Waals surface area contributed by atoms with Gasteiger partial charge in [0.2, 0.25) is 0 Å². The lowest BCUT2D eigenvalue weighted by atomic mass is 9.78. The van der Waals surface area contributed by atoms with Crippen molar-refractivity contribution in [3.63, 3.8) is 0 Å². The lowest BCUT2D eigenvalue weighted by Crippen LogP contribution is -2.28. The number of hydrogen-bond donors (Lipinski definition) is 1. The Morgan fingerprint density at radius 3 is 2.09 bits per heavy atom. The molecule has 2 rings (SSSR count). The normalized spacial score (nSPS) is 14.1. The Balaban J connectivity index is 2.15. The molecule has 0 fully saturated rings. The standard InChI is InChI=1S/C24H31Cl3O5S/c1-5-33(29,30)15-19(28)14-32-23-21(26)10-18(11-22(23)27)24(3,4)17-6-8-20(9-7-17)31-13-16(2)12-25/h6-11,16,19,28H,5,12-15H2,1-4H3/t16-,19+/m0/s1. The number of halogens is 3. The van der Waals surface area contributed by atoms with Crippen molar-refractivity contribution in [3.8, 4) is 11.5 Å². The first-order valence-corrected chi connectivity index (χ1v) is 13.8. The molecule has 0 heterocycles. The summed E-state index contributed by atoms with van der Waals surface area (Å²) < 4.78 is 34.7. The maximum atomic E-state index is 11.7.